The standard InChI is InChI=1S/2C20H36N.2ClH/c2*1-3-4-5-6-7-8-9-10-11-12-13-14-17-21-18-15-20(2)16-19-21;;/h2*15-16,18-19H,3-14,17H2,1-2H3;2*1H/q2*+1;;/p-2. The van der Waals surface area contributed by atoms with E-state index in [1.165, 1.54) is 178 Å². The van der Waals surface area contributed by atoms with Crippen LogP contribution in [0.3, 0.4) is 0 Å². The summed E-state index contributed by atoms with van der Waals surface area (Å²) in [5, 5.41) is 0. The van der Waals surface area contributed by atoms with Gasteiger partial charge in [-0.3, -0.25) is 0 Å². The molecule has 0 aliphatic rings. The maximum atomic E-state index is 2.31. The van der Waals surface area contributed by atoms with Crippen LogP contribution in [0.15, 0.2) is 49.1 Å². The Morgan fingerprint density at radius 2 is 0.545 bits per heavy atom. The third-order valence-corrected chi connectivity index (χ3v) is 8.66. The van der Waals surface area contributed by atoms with E-state index < -0.39 is 0 Å². The number of pyridine rings is 2. The lowest BCUT2D eigenvalue weighted by Gasteiger charge is -2.02. The summed E-state index contributed by atoms with van der Waals surface area (Å²) in [6.45, 7) is 11.2. The Bertz CT molecular complexity index is 738. The van der Waals surface area contributed by atoms with Crippen molar-refractivity contribution in [3.63, 3.8) is 0 Å². The monoisotopic (exact) mass is 651 g/mol. The molecule has 256 valence electrons. The molecule has 0 radical (unpaired) electrons. The van der Waals surface area contributed by atoms with E-state index in [1.807, 2.05) is 0 Å². The minimum atomic E-state index is 0. The average Bonchev–Trinajstić information content (AvgIpc) is 3.00. The second-order valence-electron chi connectivity index (χ2n) is 13.0. The van der Waals surface area contributed by atoms with Gasteiger partial charge in [-0.1, -0.05) is 142 Å². The molecule has 2 aromatic heterocycles. The van der Waals surface area contributed by atoms with Crippen LogP contribution in [0.4, 0.5) is 0 Å². The van der Waals surface area contributed by atoms with Crippen molar-refractivity contribution in [3.8, 4) is 0 Å². The lowest BCUT2D eigenvalue weighted by Crippen LogP contribution is -3.00. The molecule has 44 heavy (non-hydrogen) atoms. The Balaban J connectivity index is 0. The van der Waals surface area contributed by atoms with Crippen LogP contribution in [0.25, 0.3) is 0 Å². The Hall–Kier alpha value is -1.12. The molecule has 2 heterocycles. The van der Waals surface area contributed by atoms with Gasteiger partial charge in [0.25, 0.3) is 0 Å². The zero-order valence-corrected chi connectivity index (χ0v) is 31.2. The van der Waals surface area contributed by atoms with Crippen molar-refractivity contribution in [1.82, 2.24) is 0 Å². The predicted octanol–water partition coefficient (Wildman–Crippen LogP) is 5.98. The van der Waals surface area contributed by atoms with Gasteiger partial charge in [-0.15, -0.1) is 0 Å². The second-order valence-corrected chi connectivity index (χ2v) is 13.0. The van der Waals surface area contributed by atoms with E-state index in [0.29, 0.717) is 0 Å². The molecule has 0 atom stereocenters. The molecule has 4 heteroatoms. The number of hydrogen-bond acceptors (Lipinski definition) is 0. The molecule has 0 spiro atoms. The van der Waals surface area contributed by atoms with Crippen LogP contribution in [0.5, 0.6) is 0 Å². The van der Waals surface area contributed by atoms with E-state index in [-0.39, 0.29) is 24.8 Å². The normalized spacial score (nSPS) is 10.5. The molecule has 2 nitrogen and oxygen atoms in total. The van der Waals surface area contributed by atoms with Crippen molar-refractivity contribution in [2.75, 3.05) is 0 Å². The highest BCUT2D eigenvalue weighted by molar-refractivity contribution is 5.03. The van der Waals surface area contributed by atoms with Gasteiger partial charge >= 0.3 is 0 Å². The smallest absolute Gasteiger partial charge is 0.169 e. The lowest BCUT2D eigenvalue weighted by molar-refractivity contribution is -0.697. The highest BCUT2D eigenvalue weighted by Crippen LogP contribution is 2.13. The van der Waals surface area contributed by atoms with Gasteiger partial charge in [-0.05, 0) is 37.8 Å². The van der Waals surface area contributed by atoms with Gasteiger partial charge in [0.15, 0.2) is 24.8 Å². The van der Waals surface area contributed by atoms with Crippen molar-refractivity contribution >= 4 is 0 Å². The summed E-state index contributed by atoms with van der Waals surface area (Å²) in [5.74, 6) is 0. The topological polar surface area (TPSA) is 7.76 Å². The first-order chi connectivity index (χ1) is 20.7. The maximum Gasteiger partial charge on any atom is 0.169 e. The Labute approximate surface area is 288 Å². The summed E-state index contributed by atoms with van der Waals surface area (Å²) in [5.41, 5.74) is 2.70. The molecule has 0 bridgehead atoms. The fraction of sp³-hybridized carbons (Fsp3) is 0.750. The average molecular weight is 652 g/mol. The molecule has 0 N–H and O–H groups in total. The van der Waals surface area contributed by atoms with E-state index in [0.717, 1.165) is 0 Å². The number of nitrogens with zero attached hydrogens (tertiary/aromatic N) is 2. The third kappa shape index (κ3) is 29.6. The van der Waals surface area contributed by atoms with E-state index in [4.69, 9.17) is 0 Å². The van der Waals surface area contributed by atoms with Crippen LogP contribution in [-0.4, -0.2) is 0 Å². The van der Waals surface area contributed by atoms with Crippen molar-refractivity contribution in [1.29, 1.82) is 0 Å². The van der Waals surface area contributed by atoms with Gasteiger partial charge in [-0.2, -0.15) is 0 Å². The number of aryl methyl sites for hydroxylation is 4. The number of halogens is 2. The quantitative estimate of drug-likeness (QED) is 0.0875. The van der Waals surface area contributed by atoms with E-state index >= 15 is 0 Å². The van der Waals surface area contributed by atoms with Crippen molar-refractivity contribution in [2.45, 2.75) is 195 Å². The Morgan fingerprint density at radius 1 is 0.341 bits per heavy atom. The third-order valence-electron chi connectivity index (χ3n) is 8.66. The first-order valence-corrected chi connectivity index (χ1v) is 18.6. The molecule has 2 rings (SSSR count). The summed E-state index contributed by atoms with van der Waals surface area (Å²) >= 11 is 0. The predicted molar refractivity (Wildman–Crippen MR) is 185 cm³/mol. The molecular formula is C40H72Cl2N2. The lowest BCUT2D eigenvalue weighted by atomic mass is 10.1. The largest absolute Gasteiger partial charge is 1.00 e. The molecule has 0 fully saturated rings. The highest BCUT2D eigenvalue weighted by atomic mass is 35.5. The Kier molecular flexibility index (Phi) is 35.5. The molecule has 2 aromatic rings. The van der Waals surface area contributed by atoms with Crippen molar-refractivity contribution < 1.29 is 33.9 Å². The summed E-state index contributed by atoms with van der Waals surface area (Å²) in [6.07, 6.45) is 43.0. The Morgan fingerprint density at radius 3 is 0.773 bits per heavy atom. The summed E-state index contributed by atoms with van der Waals surface area (Å²) < 4.78 is 4.62. The van der Waals surface area contributed by atoms with E-state index in [2.05, 4.69) is 85.9 Å². The highest BCUT2D eigenvalue weighted by Gasteiger charge is 2.00. The molecule has 0 saturated carbocycles. The van der Waals surface area contributed by atoms with Crippen molar-refractivity contribution in [3.05, 3.63) is 60.2 Å². The first kappa shape index (κ1) is 45.0. The van der Waals surface area contributed by atoms with Gasteiger partial charge in [-0.25, -0.2) is 9.13 Å². The van der Waals surface area contributed by atoms with Crippen molar-refractivity contribution in [2.24, 2.45) is 0 Å². The van der Waals surface area contributed by atoms with E-state index in [1.54, 1.807) is 0 Å². The van der Waals surface area contributed by atoms with Crippen LogP contribution in [0.1, 0.15) is 179 Å². The van der Waals surface area contributed by atoms with Gasteiger partial charge in [0.2, 0.25) is 0 Å². The van der Waals surface area contributed by atoms with Crippen LogP contribution in [0, 0.1) is 13.8 Å². The summed E-state index contributed by atoms with van der Waals surface area (Å²) in [7, 11) is 0. The van der Waals surface area contributed by atoms with E-state index in [9.17, 15) is 0 Å². The molecular weight excluding hydrogens is 579 g/mol. The molecule has 0 aliphatic heterocycles. The number of unbranched alkanes of at least 4 members (excludes halogenated alkanes) is 22. The van der Waals surface area contributed by atoms with Gasteiger partial charge in [0.1, 0.15) is 13.1 Å². The number of aromatic nitrogens is 2. The number of hydrogen-bond donors (Lipinski definition) is 0. The fourth-order valence-electron chi connectivity index (χ4n) is 5.63. The van der Waals surface area contributed by atoms with Gasteiger partial charge in [0.05, 0.1) is 0 Å². The summed E-state index contributed by atoms with van der Waals surface area (Å²) in [4.78, 5) is 0. The fourth-order valence-corrected chi connectivity index (χ4v) is 5.63. The zero-order valence-electron chi connectivity index (χ0n) is 29.7. The van der Waals surface area contributed by atoms with Crippen LogP contribution < -0.4 is 33.9 Å². The molecule has 0 unspecified atom stereocenters. The molecule has 0 amide bonds. The molecule has 0 aromatic carbocycles. The van der Waals surface area contributed by atoms with Gasteiger partial charge in [0, 0.05) is 37.1 Å². The van der Waals surface area contributed by atoms with Crippen LogP contribution in [0.2, 0.25) is 0 Å². The molecule has 0 saturated heterocycles. The first-order valence-electron chi connectivity index (χ1n) is 18.6. The zero-order chi connectivity index (χ0) is 30.4. The minimum absolute atomic E-state index is 0. The van der Waals surface area contributed by atoms with Gasteiger partial charge < -0.3 is 24.8 Å². The number of rotatable bonds is 26. The maximum absolute atomic E-state index is 2.31. The minimum Gasteiger partial charge on any atom is -1.00 e. The SMILES string of the molecule is CCCCCCCCCCCCCC[n+]1ccc(C)cc1.CCCCCCCCCCCCCC[n+]1ccc(C)cc1.[Cl-].[Cl-]. The summed E-state index contributed by atoms with van der Waals surface area (Å²) in [6, 6.07) is 8.78. The second kappa shape index (κ2) is 34.7. The van der Waals surface area contributed by atoms with Crippen LogP contribution in [-0.2, 0) is 13.1 Å². The van der Waals surface area contributed by atoms with Crippen LogP contribution >= 0.6 is 0 Å². The molecule has 0 aliphatic carbocycles.